The third kappa shape index (κ3) is 5.14. The average Bonchev–Trinajstić information content (AvgIpc) is 3.23. The lowest BCUT2D eigenvalue weighted by molar-refractivity contribution is 0.0996. The fourth-order valence-corrected chi connectivity index (χ4v) is 6.16. The van der Waals surface area contributed by atoms with E-state index in [0.717, 1.165) is 30.9 Å². The van der Waals surface area contributed by atoms with E-state index in [2.05, 4.69) is 26.8 Å². The van der Waals surface area contributed by atoms with Crippen molar-refractivity contribution in [2.75, 3.05) is 31.1 Å². The van der Waals surface area contributed by atoms with Crippen LogP contribution in [0.1, 0.15) is 61.6 Å². The number of anilines is 1. The molecule has 0 spiro atoms. The lowest BCUT2D eigenvalue weighted by Gasteiger charge is -2.44. The van der Waals surface area contributed by atoms with Gasteiger partial charge in [0.05, 0.1) is 12.2 Å². The zero-order chi connectivity index (χ0) is 24.7. The number of carbonyl (C=O) groups is 1. The fraction of sp³-hybridized carbons (Fsp3) is 0.520. The van der Waals surface area contributed by atoms with Gasteiger partial charge in [-0.1, -0.05) is 42.6 Å². The van der Waals surface area contributed by atoms with Crippen LogP contribution in [0.15, 0.2) is 24.4 Å². The quantitative estimate of drug-likeness (QED) is 0.481. The SMILES string of the molecule is CC1CN(c2cnc3c(C(N)=O)nn(C(C)c4ccc(Cl)cc4Cl)c3n2)CCC1N1CCCCC1.Cl. The number of piperidine rings is 2. The van der Waals surface area contributed by atoms with Crippen LogP contribution in [0.4, 0.5) is 5.82 Å². The molecular weight excluding hydrogens is 521 g/mol. The summed E-state index contributed by atoms with van der Waals surface area (Å²) in [5.74, 6) is 0.673. The van der Waals surface area contributed by atoms with E-state index < -0.39 is 5.91 Å². The molecule has 8 nitrogen and oxygen atoms in total. The molecule has 11 heteroatoms. The van der Waals surface area contributed by atoms with Crippen molar-refractivity contribution in [3.63, 3.8) is 0 Å². The van der Waals surface area contributed by atoms with Crippen molar-refractivity contribution in [3.05, 3.63) is 45.7 Å². The number of primary amides is 1. The first-order valence-corrected chi connectivity index (χ1v) is 13.1. The number of aromatic nitrogens is 4. The molecule has 2 fully saturated rings. The van der Waals surface area contributed by atoms with Crippen LogP contribution < -0.4 is 10.6 Å². The summed E-state index contributed by atoms with van der Waals surface area (Å²) in [6, 6.07) is 5.65. The monoisotopic (exact) mass is 551 g/mol. The van der Waals surface area contributed by atoms with Crippen LogP contribution in [0.3, 0.4) is 0 Å². The zero-order valence-corrected chi connectivity index (χ0v) is 22.9. The Morgan fingerprint density at radius 3 is 2.58 bits per heavy atom. The Kier molecular flexibility index (Phi) is 8.29. The second kappa shape index (κ2) is 11.1. The summed E-state index contributed by atoms with van der Waals surface area (Å²) in [6.45, 7) is 8.53. The van der Waals surface area contributed by atoms with Crippen molar-refractivity contribution in [2.45, 2.75) is 51.6 Å². The standard InChI is InChI=1S/C25H31Cl2N7O.ClH/c1-15-14-33(11-8-20(15)32-9-4-3-5-10-32)21-13-29-23-22(24(28)35)31-34(25(23)30-21)16(2)18-7-6-17(26)12-19(18)27;/h6-7,12-13,15-16,20H,3-5,8-11,14H2,1-2H3,(H2,28,35);1H. The number of nitrogens with zero attached hydrogens (tertiary/aromatic N) is 6. The van der Waals surface area contributed by atoms with Crippen molar-refractivity contribution in [3.8, 4) is 0 Å². The number of benzene rings is 1. The molecule has 0 bridgehead atoms. The first kappa shape index (κ1) is 26.9. The normalized spacial score (nSPS) is 21.8. The lowest BCUT2D eigenvalue weighted by atomic mass is 9.91. The number of fused-ring (bicyclic) bond motifs is 1. The van der Waals surface area contributed by atoms with E-state index in [1.807, 2.05) is 13.0 Å². The molecule has 194 valence electrons. The number of hydrogen-bond donors (Lipinski definition) is 1. The maximum absolute atomic E-state index is 12.1. The Morgan fingerprint density at radius 2 is 1.92 bits per heavy atom. The summed E-state index contributed by atoms with van der Waals surface area (Å²) in [6.07, 6.45) is 6.78. The fourth-order valence-electron chi connectivity index (χ4n) is 5.59. The molecule has 3 aromatic rings. The van der Waals surface area contributed by atoms with Gasteiger partial charge in [0, 0.05) is 29.2 Å². The summed E-state index contributed by atoms with van der Waals surface area (Å²) in [4.78, 5) is 26.6. The van der Waals surface area contributed by atoms with Gasteiger partial charge in [-0.3, -0.25) is 9.69 Å². The number of amides is 1. The number of rotatable bonds is 5. The van der Waals surface area contributed by atoms with E-state index in [4.69, 9.17) is 33.9 Å². The minimum atomic E-state index is -0.638. The van der Waals surface area contributed by atoms with Crippen molar-refractivity contribution >= 4 is 58.5 Å². The Labute approximate surface area is 227 Å². The van der Waals surface area contributed by atoms with Gasteiger partial charge in [-0.25, -0.2) is 14.6 Å². The number of hydrogen-bond acceptors (Lipinski definition) is 6. The van der Waals surface area contributed by atoms with Crippen LogP contribution in [0, 0.1) is 5.92 Å². The molecule has 2 aliphatic heterocycles. The van der Waals surface area contributed by atoms with Gasteiger partial charge in [-0.15, -0.1) is 12.4 Å². The van der Waals surface area contributed by atoms with Gasteiger partial charge in [0.2, 0.25) is 0 Å². The molecule has 0 radical (unpaired) electrons. The van der Waals surface area contributed by atoms with Crippen LogP contribution in [-0.2, 0) is 0 Å². The zero-order valence-electron chi connectivity index (χ0n) is 20.5. The van der Waals surface area contributed by atoms with E-state index in [-0.39, 0.29) is 24.1 Å². The molecule has 0 saturated carbocycles. The molecule has 2 saturated heterocycles. The van der Waals surface area contributed by atoms with Crippen LogP contribution >= 0.6 is 35.6 Å². The first-order chi connectivity index (χ1) is 16.8. The summed E-state index contributed by atoms with van der Waals surface area (Å²) in [5.41, 5.74) is 7.46. The Hall–Kier alpha value is -2.13. The van der Waals surface area contributed by atoms with E-state index >= 15 is 0 Å². The Balaban J connectivity index is 0.00000304. The Bertz CT molecular complexity index is 1240. The van der Waals surface area contributed by atoms with Crippen LogP contribution in [0.2, 0.25) is 10.0 Å². The molecule has 5 rings (SSSR count). The van der Waals surface area contributed by atoms with Gasteiger partial charge in [-0.2, -0.15) is 5.10 Å². The van der Waals surface area contributed by atoms with Crippen LogP contribution in [0.25, 0.3) is 11.2 Å². The molecule has 36 heavy (non-hydrogen) atoms. The molecule has 2 aromatic heterocycles. The Morgan fingerprint density at radius 1 is 1.17 bits per heavy atom. The minimum Gasteiger partial charge on any atom is -0.364 e. The van der Waals surface area contributed by atoms with Crippen molar-refractivity contribution in [1.29, 1.82) is 0 Å². The van der Waals surface area contributed by atoms with Crippen molar-refractivity contribution in [2.24, 2.45) is 11.7 Å². The van der Waals surface area contributed by atoms with Crippen LogP contribution in [0.5, 0.6) is 0 Å². The predicted molar refractivity (Wildman–Crippen MR) is 147 cm³/mol. The largest absolute Gasteiger partial charge is 0.364 e. The molecule has 0 aliphatic carbocycles. The summed E-state index contributed by atoms with van der Waals surface area (Å²) >= 11 is 12.6. The van der Waals surface area contributed by atoms with Gasteiger partial charge in [0.15, 0.2) is 11.3 Å². The van der Waals surface area contributed by atoms with E-state index in [1.165, 1.54) is 32.4 Å². The van der Waals surface area contributed by atoms with Gasteiger partial charge in [-0.05, 0) is 62.9 Å². The molecule has 4 heterocycles. The predicted octanol–water partition coefficient (Wildman–Crippen LogP) is 4.96. The number of halogens is 3. The van der Waals surface area contributed by atoms with Gasteiger partial charge in [0.25, 0.3) is 5.91 Å². The van der Waals surface area contributed by atoms with Crippen LogP contribution in [-0.4, -0.2) is 62.8 Å². The molecule has 1 aromatic carbocycles. The maximum atomic E-state index is 12.1. The highest BCUT2D eigenvalue weighted by Crippen LogP contribution is 2.32. The van der Waals surface area contributed by atoms with E-state index in [9.17, 15) is 4.79 Å². The third-order valence-electron chi connectivity index (χ3n) is 7.45. The van der Waals surface area contributed by atoms with E-state index in [0.29, 0.717) is 33.2 Å². The highest BCUT2D eigenvalue weighted by Gasteiger charge is 2.32. The van der Waals surface area contributed by atoms with Gasteiger partial charge in [0.1, 0.15) is 11.3 Å². The highest BCUT2D eigenvalue weighted by molar-refractivity contribution is 6.35. The number of carbonyl (C=O) groups excluding carboxylic acids is 1. The molecule has 3 atom stereocenters. The molecular formula is C25H32Cl3N7O. The highest BCUT2D eigenvalue weighted by atomic mass is 35.5. The van der Waals surface area contributed by atoms with Crippen molar-refractivity contribution in [1.82, 2.24) is 24.6 Å². The third-order valence-corrected chi connectivity index (χ3v) is 8.01. The topological polar surface area (TPSA) is 93.2 Å². The van der Waals surface area contributed by atoms with Gasteiger partial charge >= 0.3 is 0 Å². The number of likely N-dealkylation sites (tertiary alicyclic amines) is 1. The summed E-state index contributed by atoms with van der Waals surface area (Å²) < 4.78 is 1.69. The molecule has 2 aliphatic rings. The van der Waals surface area contributed by atoms with E-state index in [1.54, 1.807) is 23.0 Å². The second-order valence-electron chi connectivity index (χ2n) is 9.78. The average molecular weight is 553 g/mol. The minimum absolute atomic E-state index is 0. The number of nitrogens with two attached hydrogens (primary N) is 1. The van der Waals surface area contributed by atoms with Crippen molar-refractivity contribution < 1.29 is 4.79 Å². The molecule has 2 N–H and O–H groups in total. The first-order valence-electron chi connectivity index (χ1n) is 12.3. The maximum Gasteiger partial charge on any atom is 0.271 e. The smallest absolute Gasteiger partial charge is 0.271 e. The summed E-state index contributed by atoms with van der Waals surface area (Å²) in [7, 11) is 0. The molecule has 3 unspecified atom stereocenters. The molecule has 1 amide bonds. The van der Waals surface area contributed by atoms with Gasteiger partial charge < -0.3 is 10.6 Å². The lowest BCUT2D eigenvalue weighted by Crippen LogP contribution is -2.51. The second-order valence-corrected chi connectivity index (χ2v) is 10.6. The summed E-state index contributed by atoms with van der Waals surface area (Å²) in [5, 5.41) is 5.58.